The van der Waals surface area contributed by atoms with Gasteiger partial charge in [-0.1, -0.05) is 0 Å². The molecule has 1 N–H and O–H groups in total. The van der Waals surface area contributed by atoms with E-state index in [0.29, 0.717) is 12.1 Å². The van der Waals surface area contributed by atoms with Crippen LogP contribution in [0.15, 0.2) is 18.3 Å². The van der Waals surface area contributed by atoms with Crippen LogP contribution in [-0.2, 0) is 0 Å². The van der Waals surface area contributed by atoms with Crippen LogP contribution in [0.25, 0.3) is 0 Å². The van der Waals surface area contributed by atoms with Crippen molar-refractivity contribution in [1.82, 2.24) is 10.3 Å². The summed E-state index contributed by atoms with van der Waals surface area (Å²) in [5.41, 5.74) is 1.53. The molecular weight excluding hydrogens is 152 g/mol. The monoisotopic (exact) mass is 164 g/mol. The first-order valence-corrected chi connectivity index (χ1v) is 3.95. The average Bonchev–Trinajstić information content (AvgIpc) is 2.06. The second-order valence-corrected chi connectivity index (χ2v) is 2.55. The number of aromatic nitrogens is 1. The average molecular weight is 164 g/mol. The van der Waals surface area contributed by atoms with Gasteiger partial charge < -0.3 is 5.32 Å². The van der Waals surface area contributed by atoms with E-state index in [2.05, 4.69) is 10.3 Å². The number of hydrogen-bond donors (Lipinski definition) is 1. The minimum atomic E-state index is -0.0648. The summed E-state index contributed by atoms with van der Waals surface area (Å²) in [5, 5.41) is 2.70. The van der Waals surface area contributed by atoms with E-state index in [4.69, 9.17) is 0 Å². The Balaban J connectivity index is 2.75. The summed E-state index contributed by atoms with van der Waals surface area (Å²) < 4.78 is 0. The quantitative estimate of drug-likeness (QED) is 0.712. The molecule has 64 valence electrons. The fraction of sp³-hybridized carbons (Fsp3) is 0.333. The van der Waals surface area contributed by atoms with Gasteiger partial charge in [-0.3, -0.25) is 9.78 Å². The normalized spacial score (nSPS) is 9.50. The first-order chi connectivity index (χ1) is 5.74. The van der Waals surface area contributed by atoms with Crippen molar-refractivity contribution in [3.05, 3.63) is 29.6 Å². The minimum absolute atomic E-state index is 0.0648. The molecule has 12 heavy (non-hydrogen) atoms. The SMILES string of the molecule is CCNC(=O)c1ccc(C)nc1. The van der Waals surface area contributed by atoms with Crippen LogP contribution in [0.4, 0.5) is 0 Å². The van der Waals surface area contributed by atoms with Gasteiger partial charge in [0.25, 0.3) is 5.91 Å². The molecule has 0 atom stereocenters. The van der Waals surface area contributed by atoms with Gasteiger partial charge in [0.2, 0.25) is 0 Å². The molecule has 1 amide bonds. The van der Waals surface area contributed by atoms with E-state index in [1.54, 1.807) is 12.3 Å². The zero-order valence-electron chi connectivity index (χ0n) is 7.29. The maximum atomic E-state index is 11.2. The van der Waals surface area contributed by atoms with Crippen molar-refractivity contribution < 1.29 is 4.79 Å². The van der Waals surface area contributed by atoms with E-state index in [-0.39, 0.29) is 5.91 Å². The van der Waals surface area contributed by atoms with E-state index in [1.165, 1.54) is 0 Å². The molecule has 0 saturated heterocycles. The highest BCUT2D eigenvalue weighted by Gasteiger charge is 2.02. The number of aryl methyl sites for hydroxylation is 1. The third kappa shape index (κ3) is 2.05. The van der Waals surface area contributed by atoms with E-state index in [9.17, 15) is 4.79 Å². The number of carbonyl (C=O) groups excluding carboxylic acids is 1. The van der Waals surface area contributed by atoms with Gasteiger partial charge in [0, 0.05) is 18.4 Å². The summed E-state index contributed by atoms with van der Waals surface area (Å²) in [6, 6.07) is 3.60. The summed E-state index contributed by atoms with van der Waals surface area (Å²) >= 11 is 0. The van der Waals surface area contributed by atoms with Crippen LogP contribution >= 0.6 is 0 Å². The van der Waals surface area contributed by atoms with Crippen molar-refractivity contribution in [2.75, 3.05) is 6.54 Å². The summed E-state index contributed by atoms with van der Waals surface area (Å²) in [7, 11) is 0. The third-order valence-electron chi connectivity index (χ3n) is 1.51. The molecular formula is C9H12N2O. The molecule has 1 heterocycles. The summed E-state index contributed by atoms with van der Waals surface area (Å²) in [6.07, 6.45) is 1.58. The van der Waals surface area contributed by atoms with Crippen LogP contribution in [0.3, 0.4) is 0 Å². The summed E-state index contributed by atoms with van der Waals surface area (Å²) in [6.45, 7) is 4.42. The second-order valence-electron chi connectivity index (χ2n) is 2.55. The highest BCUT2D eigenvalue weighted by molar-refractivity contribution is 5.93. The van der Waals surface area contributed by atoms with Crippen molar-refractivity contribution >= 4 is 5.91 Å². The molecule has 0 spiro atoms. The Morgan fingerprint density at radius 1 is 1.58 bits per heavy atom. The highest BCUT2D eigenvalue weighted by Crippen LogP contribution is 1.98. The molecule has 3 nitrogen and oxygen atoms in total. The fourth-order valence-electron chi connectivity index (χ4n) is 0.865. The van der Waals surface area contributed by atoms with Crippen molar-refractivity contribution in [1.29, 1.82) is 0 Å². The minimum Gasteiger partial charge on any atom is -0.352 e. The second kappa shape index (κ2) is 3.85. The van der Waals surface area contributed by atoms with Crippen molar-refractivity contribution in [3.8, 4) is 0 Å². The number of pyridine rings is 1. The van der Waals surface area contributed by atoms with E-state index in [0.717, 1.165) is 5.69 Å². The maximum absolute atomic E-state index is 11.2. The lowest BCUT2D eigenvalue weighted by atomic mass is 10.2. The van der Waals surface area contributed by atoms with Gasteiger partial charge >= 0.3 is 0 Å². The van der Waals surface area contributed by atoms with Gasteiger partial charge in [-0.05, 0) is 26.0 Å². The number of nitrogens with one attached hydrogen (secondary N) is 1. The molecule has 3 heteroatoms. The first kappa shape index (κ1) is 8.71. The Kier molecular flexibility index (Phi) is 2.80. The molecule has 0 aromatic carbocycles. The number of carbonyl (C=O) groups is 1. The zero-order valence-corrected chi connectivity index (χ0v) is 7.29. The van der Waals surface area contributed by atoms with E-state index < -0.39 is 0 Å². The Hall–Kier alpha value is -1.38. The Labute approximate surface area is 71.8 Å². The van der Waals surface area contributed by atoms with Gasteiger partial charge in [0.15, 0.2) is 0 Å². The maximum Gasteiger partial charge on any atom is 0.252 e. The van der Waals surface area contributed by atoms with Crippen molar-refractivity contribution in [2.24, 2.45) is 0 Å². The first-order valence-electron chi connectivity index (χ1n) is 3.95. The Morgan fingerprint density at radius 2 is 2.33 bits per heavy atom. The van der Waals surface area contributed by atoms with Crippen LogP contribution < -0.4 is 5.32 Å². The predicted molar refractivity (Wildman–Crippen MR) is 47.0 cm³/mol. The molecule has 0 radical (unpaired) electrons. The standard InChI is InChI=1S/C9H12N2O/c1-3-10-9(12)8-5-4-7(2)11-6-8/h4-6H,3H2,1-2H3,(H,10,12). The Bertz CT molecular complexity index is 266. The van der Waals surface area contributed by atoms with Gasteiger partial charge in [0.1, 0.15) is 0 Å². The highest BCUT2D eigenvalue weighted by atomic mass is 16.1. The largest absolute Gasteiger partial charge is 0.352 e. The van der Waals surface area contributed by atoms with Crippen molar-refractivity contribution in [2.45, 2.75) is 13.8 Å². The lowest BCUT2D eigenvalue weighted by Crippen LogP contribution is -2.22. The third-order valence-corrected chi connectivity index (χ3v) is 1.51. The molecule has 0 aliphatic rings. The zero-order chi connectivity index (χ0) is 8.97. The van der Waals surface area contributed by atoms with Crippen LogP contribution in [0.1, 0.15) is 23.0 Å². The fourth-order valence-corrected chi connectivity index (χ4v) is 0.865. The molecule has 0 bridgehead atoms. The predicted octanol–water partition coefficient (Wildman–Crippen LogP) is 1.14. The number of nitrogens with zero attached hydrogens (tertiary/aromatic N) is 1. The number of amides is 1. The van der Waals surface area contributed by atoms with E-state index >= 15 is 0 Å². The van der Waals surface area contributed by atoms with Gasteiger partial charge in [-0.25, -0.2) is 0 Å². The van der Waals surface area contributed by atoms with Crippen LogP contribution in [0.5, 0.6) is 0 Å². The summed E-state index contributed by atoms with van der Waals surface area (Å²) in [5.74, 6) is -0.0648. The smallest absolute Gasteiger partial charge is 0.252 e. The Morgan fingerprint density at radius 3 is 2.83 bits per heavy atom. The van der Waals surface area contributed by atoms with Gasteiger partial charge in [-0.2, -0.15) is 0 Å². The number of hydrogen-bond acceptors (Lipinski definition) is 2. The van der Waals surface area contributed by atoms with Crippen LogP contribution in [-0.4, -0.2) is 17.4 Å². The lowest BCUT2D eigenvalue weighted by molar-refractivity contribution is 0.0955. The molecule has 0 saturated carbocycles. The number of rotatable bonds is 2. The lowest BCUT2D eigenvalue weighted by Gasteiger charge is -2.00. The molecule has 0 aliphatic carbocycles. The molecule has 0 aliphatic heterocycles. The van der Waals surface area contributed by atoms with Gasteiger partial charge in [-0.15, -0.1) is 0 Å². The van der Waals surface area contributed by atoms with Crippen LogP contribution in [0, 0.1) is 6.92 Å². The van der Waals surface area contributed by atoms with Gasteiger partial charge in [0.05, 0.1) is 5.56 Å². The molecule has 1 rings (SSSR count). The van der Waals surface area contributed by atoms with Crippen LogP contribution in [0.2, 0.25) is 0 Å². The summed E-state index contributed by atoms with van der Waals surface area (Å²) in [4.78, 5) is 15.2. The molecule has 0 unspecified atom stereocenters. The van der Waals surface area contributed by atoms with E-state index in [1.807, 2.05) is 19.9 Å². The molecule has 1 aromatic heterocycles. The topological polar surface area (TPSA) is 42.0 Å². The molecule has 0 fully saturated rings. The molecule has 1 aromatic rings. The van der Waals surface area contributed by atoms with Crippen molar-refractivity contribution in [3.63, 3.8) is 0 Å².